The van der Waals surface area contributed by atoms with Gasteiger partial charge in [0.05, 0.1) is 12.2 Å². The first kappa shape index (κ1) is 11.4. The van der Waals surface area contributed by atoms with Gasteiger partial charge >= 0.3 is 0 Å². The monoisotopic (exact) mass is 221 g/mol. The van der Waals surface area contributed by atoms with Gasteiger partial charge in [-0.15, -0.1) is 0 Å². The molecule has 3 nitrogen and oxygen atoms in total. The predicted molar refractivity (Wildman–Crippen MR) is 64.5 cm³/mol. The minimum absolute atomic E-state index is 0.194. The van der Waals surface area contributed by atoms with Crippen molar-refractivity contribution in [1.82, 2.24) is 0 Å². The van der Waals surface area contributed by atoms with E-state index in [4.69, 9.17) is 0 Å². The van der Waals surface area contributed by atoms with E-state index in [1.807, 2.05) is 31.2 Å². The predicted octanol–water partition coefficient (Wildman–Crippen LogP) is 1.70. The van der Waals surface area contributed by atoms with Gasteiger partial charge in [-0.25, -0.2) is 0 Å². The average molecular weight is 221 g/mol. The Kier molecular flexibility index (Phi) is 3.46. The van der Waals surface area contributed by atoms with Crippen LogP contribution in [0.1, 0.15) is 31.4 Å². The van der Waals surface area contributed by atoms with Crippen molar-refractivity contribution in [3.63, 3.8) is 0 Å². The van der Waals surface area contributed by atoms with Crippen LogP contribution >= 0.6 is 0 Å². The second-order valence-electron chi connectivity index (χ2n) is 4.40. The summed E-state index contributed by atoms with van der Waals surface area (Å²) in [7, 11) is 0. The molecule has 2 atom stereocenters. The fourth-order valence-corrected chi connectivity index (χ4v) is 2.12. The molecule has 0 amide bonds. The zero-order valence-corrected chi connectivity index (χ0v) is 9.63. The molecule has 1 aliphatic heterocycles. The third-order valence-electron chi connectivity index (χ3n) is 3.19. The van der Waals surface area contributed by atoms with Gasteiger partial charge in [0.2, 0.25) is 0 Å². The van der Waals surface area contributed by atoms with E-state index in [1.165, 1.54) is 0 Å². The lowest BCUT2D eigenvalue weighted by atomic mass is 10.1. The third-order valence-corrected chi connectivity index (χ3v) is 3.19. The van der Waals surface area contributed by atoms with E-state index in [1.54, 1.807) is 0 Å². The summed E-state index contributed by atoms with van der Waals surface area (Å²) in [5.74, 6) is 0. The first-order valence-corrected chi connectivity index (χ1v) is 5.91. The molecule has 2 N–H and O–H groups in total. The number of hydrogen-bond acceptors (Lipinski definition) is 3. The van der Waals surface area contributed by atoms with Crippen LogP contribution in [0.2, 0.25) is 0 Å². The molecule has 0 aliphatic carbocycles. The standard InChI is InChI=1S/C13H19NO2/c1-2-13(16)10-3-5-11(6-4-10)14-8-7-12(15)9-14/h3-6,12-13,15-16H,2,7-9H2,1H3/t12?,13-/m0/s1. The largest absolute Gasteiger partial charge is 0.391 e. The van der Waals surface area contributed by atoms with Gasteiger partial charge < -0.3 is 15.1 Å². The fourth-order valence-electron chi connectivity index (χ4n) is 2.12. The first-order chi connectivity index (χ1) is 7.70. The summed E-state index contributed by atoms with van der Waals surface area (Å²) in [6, 6.07) is 7.97. The maximum Gasteiger partial charge on any atom is 0.0787 e. The van der Waals surface area contributed by atoms with Gasteiger partial charge in [-0.1, -0.05) is 19.1 Å². The van der Waals surface area contributed by atoms with E-state index in [0.29, 0.717) is 0 Å². The van der Waals surface area contributed by atoms with E-state index >= 15 is 0 Å². The quantitative estimate of drug-likeness (QED) is 0.816. The number of benzene rings is 1. The number of aliphatic hydroxyl groups excluding tert-OH is 2. The van der Waals surface area contributed by atoms with E-state index in [2.05, 4.69) is 4.90 Å². The van der Waals surface area contributed by atoms with E-state index in [9.17, 15) is 10.2 Å². The molecular weight excluding hydrogens is 202 g/mol. The maximum absolute atomic E-state index is 9.67. The van der Waals surface area contributed by atoms with Gasteiger partial charge in [0, 0.05) is 18.8 Å². The van der Waals surface area contributed by atoms with Gasteiger partial charge in [0.25, 0.3) is 0 Å². The highest BCUT2D eigenvalue weighted by Gasteiger charge is 2.20. The molecule has 0 spiro atoms. The van der Waals surface area contributed by atoms with Crippen LogP contribution in [-0.2, 0) is 0 Å². The summed E-state index contributed by atoms with van der Waals surface area (Å²) >= 11 is 0. The van der Waals surface area contributed by atoms with Crippen LogP contribution in [0.25, 0.3) is 0 Å². The fraction of sp³-hybridized carbons (Fsp3) is 0.538. The van der Waals surface area contributed by atoms with Crippen molar-refractivity contribution in [2.24, 2.45) is 0 Å². The average Bonchev–Trinajstić information content (AvgIpc) is 2.75. The second kappa shape index (κ2) is 4.85. The summed E-state index contributed by atoms with van der Waals surface area (Å²) in [5, 5.41) is 19.1. The van der Waals surface area contributed by atoms with E-state index < -0.39 is 0 Å². The van der Waals surface area contributed by atoms with Crippen molar-refractivity contribution >= 4 is 5.69 Å². The Labute approximate surface area is 96.3 Å². The highest BCUT2D eigenvalue weighted by Crippen LogP contribution is 2.23. The molecule has 0 bridgehead atoms. The minimum atomic E-state index is -0.363. The van der Waals surface area contributed by atoms with Crippen molar-refractivity contribution in [3.05, 3.63) is 29.8 Å². The Hall–Kier alpha value is -1.06. The molecule has 1 aromatic carbocycles. The molecule has 1 fully saturated rings. The lowest BCUT2D eigenvalue weighted by Gasteiger charge is -2.18. The minimum Gasteiger partial charge on any atom is -0.391 e. The van der Waals surface area contributed by atoms with Gasteiger partial charge in [0.15, 0.2) is 0 Å². The Balaban J connectivity index is 2.07. The molecule has 1 heterocycles. The van der Waals surface area contributed by atoms with Crippen LogP contribution in [0, 0.1) is 0 Å². The molecular formula is C13H19NO2. The first-order valence-electron chi connectivity index (χ1n) is 5.91. The molecule has 1 aliphatic rings. The summed E-state index contributed by atoms with van der Waals surface area (Å²) in [6.07, 6.45) is 1.03. The zero-order chi connectivity index (χ0) is 11.5. The third kappa shape index (κ3) is 2.36. The van der Waals surface area contributed by atoms with Gasteiger partial charge in [-0.05, 0) is 30.5 Å². The number of anilines is 1. The highest BCUT2D eigenvalue weighted by atomic mass is 16.3. The number of hydrogen-bond donors (Lipinski definition) is 2. The van der Waals surface area contributed by atoms with Crippen molar-refractivity contribution in [1.29, 1.82) is 0 Å². The van der Waals surface area contributed by atoms with Crippen molar-refractivity contribution in [2.75, 3.05) is 18.0 Å². The Bertz CT molecular complexity index is 336. The van der Waals surface area contributed by atoms with Crippen LogP contribution in [-0.4, -0.2) is 29.4 Å². The van der Waals surface area contributed by atoms with Crippen molar-refractivity contribution in [3.8, 4) is 0 Å². The molecule has 0 saturated carbocycles. The second-order valence-corrected chi connectivity index (χ2v) is 4.40. The Morgan fingerprint density at radius 1 is 1.38 bits per heavy atom. The van der Waals surface area contributed by atoms with Crippen LogP contribution in [0.3, 0.4) is 0 Å². The zero-order valence-electron chi connectivity index (χ0n) is 9.63. The van der Waals surface area contributed by atoms with Crippen molar-refractivity contribution < 1.29 is 10.2 Å². The molecule has 16 heavy (non-hydrogen) atoms. The SMILES string of the molecule is CC[C@H](O)c1ccc(N2CCC(O)C2)cc1. The lowest BCUT2D eigenvalue weighted by molar-refractivity contribution is 0.173. The van der Waals surface area contributed by atoms with Crippen LogP contribution < -0.4 is 4.90 Å². The summed E-state index contributed by atoms with van der Waals surface area (Å²) in [5.41, 5.74) is 2.09. The van der Waals surface area contributed by atoms with E-state index in [-0.39, 0.29) is 12.2 Å². The Morgan fingerprint density at radius 3 is 2.56 bits per heavy atom. The lowest BCUT2D eigenvalue weighted by Crippen LogP contribution is -2.20. The summed E-state index contributed by atoms with van der Waals surface area (Å²) in [6.45, 7) is 3.60. The molecule has 88 valence electrons. The number of rotatable bonds is 3. The maximum atomic E-state index is 9.67. The number of nitrogens with zero attached hydrogens (tertiary/aromatic N) is 1. The number of β-amino-alcohol motifs (C(OH)–C–C–N with tert-alkyl or cyclic N) is 1. The van der Waals surface area contributed by atoms with Crippen LogP contribution in [0.5, 0.6) is 0 Å². The normalized spacial score (nSPS) is 22.4. The highest BCUT2D eigenvalue weighted by molar-refractivity contribution is 5.48. The summed E-state index contributed by atoms with van der Waals surface area (Å²) < 4.78 is 0. The molecule has 2 rings (SSSR count). The Morgan fingerprint density at radius 2 is 2.06 bits per heavy atom. The smallest absolute Gasteiger partial charge is 0.0787 e. The molecule has 1 unspecified atom stereocenters. The summed E-state index contributed by atoms with van der Waals surface area (Å²) in [4.78, 5) is 2.17. The van der Waals surface area contributed by atoms with Gasteiger partial charge in [-0.2, -0.15) is 0 Å². The molecule has 1 saturated heterocycles. The molecule has 3 heteroatoms. The molecule has 0 radical (unpaired) electrons. The number of aliphatic hydroxyl groups is 2. The molecule has 0 aromatic heterocycles. The van der Waals surface area contributed by atoms with Crippen molar-refractivity contribution in [2.45, 2.75) is 32.0 Å². The molecule has 1 aromatic rings. The van der Waals surface area contributed by atoms with Crippen LogP contribution in [0.4, 0.5) is 5.69 Å². The topological polar surface area (TPSA) is 43.7 Å². The van der Waals surface area contributed by atoms with Crippen LogP contribution in [0.15, 0.2) is 24.3 Å². The van der Waals surface area contributed by atoms with Gasteiger partial charge in [-0.3, -0.25) is 0 Å². The van der Waals surface area contributed by atoms with Gasteiger partial charge in [0.1, 0.15) is 0 Å². The van der Waals surface area contributed by atoms with E-state index in [0.717, 1.165) is 37.2 Å².